The number of rotatable bonds is 2. The quantitative estimate of drug-likeness (QED) is 0.767. The maximum absolute atomic E-state index is 12.3. The molecule has 0 aromatic heterocycles. The maximum atomic E-state index is 12.3. The van der Waals surface area contributed by atoms with Gasteiger partial charge in [0.2, 0.25) is 0 Å². The average Bonchev–Trinajstić information content (AvgIpc) is 2.41. The Labute approximate surface area is 119 Å². The summed E-state index contributed by atoms with van der Waals surface area (Å²) in [4.78, 5) is 14.4. The van der Waals surface area contributed by atoms with Gasteiger partial charge < -0.3 is 0 Å². The molecular weight excluding hydrogens is 252 g/mol. The Bertz CT molecular complexity index is 505. The van der Waals surface area contributed by atoms with E-state index >= 15 is 0 Å². The molecule has 1 aromatic rings. The molecule has 0 N–H and O–H groups in total. The van der Waals surface area contributed by atoms with E-state index in [0.29, 0.717) is 11.7 Å². The number of carbonyl (C=O) groups is 1. The first-order valence-electron chi connectivity index (χ1n) is 7.16. The molecule has 0 radical (unpaired) electrons. The Balaban J connectivity index is 1.86. The minimum Gasteiger partial charge on any atom is -0.294 e. The highest BCUT2D eigenvalue weighted by molar-refractivity contribution is 8.04. The molecule has 2 aliphatic carbocycles. The number of allylic oxidation sites excluding steroid dienone is 2. The van der Waals surface area contributed by atoms with Crippen molar-refractivity contribution < 1.29 is 4.79 Å². The van der Waals surface area contributed by atoms with E-state index in [1.807, 2.05) is 18.2 Å². The Hall–Kier alpha value is -1.02. The van der Waals surface area contributed by atoms with E-state index in [2.05, 4.69) is 25.1 Å². The van der Waals surface area contributed by atoms with Crippen LogP contribution >= 0.6 is 11.8 Å². The van der Waals surface area contributed by atoms with Crippen LogP contribution in [0.15, 0.2) is 46.2 Å². The number of benzene rings is 1. The molecule has 1 fully saturated rings. The smallest absolute Gasteiger partial charge is 0.169 e. The molecule has 2 heteroatoms. The van der Waals surface area contributed by atoms with Crippen LogP contribution in [0.25, 0.3) is 0 Å². The van der Waals surface area contributed by atoms with Crippen LogP contribution in [0.2, 0.25) is 0 Å². The number of hydrogen-bond acceptors (Lipinski definition) is 2. The summed E-state index contributed by atoms with van der Waals surface area (Å²) < 4.78 is 0. The molecule has 1 aromatic carbocycles. The van der Waals surface area contributed by atoms with Gasteiger partial charge in [-0.05, 0) is 36.3 Å². The molecule has 0 amide bonds. The van der Waals surface area contributed by atoms with E-state index in [-0.39, 0.29) is 5.41 Å². The van der Waals surface area contributed by atoms with Crippen LogP contribution in [0.4, 0.5) is 0 Å². The second-order valence-corrected chi connectivity index (χ2v) is 7.11. The highest BCUT2D eigenvalue weighted by Crippen LogP contribution is 2.49. The molecule has 0 spiro atoms. The van der Waals surface area contributed by atoms with Crippen LogP contribution < -0.4 is 0 Å². The van der Waals surface area contributed by atoms with Gasteiger partial charge in [-0.2, -0.15) is 0 Å². The zero-order valence-electron chi connectivity index (χ0n) is 11.4. The Kier molecular flexibility index (Phi) is 3.53. The van der Waals surface area contributed by atoms with Crippen molar-refractivity contribution in [1.29, 1.82) is 0 Å². The first kappa shape index (κ1) is 13.0. The van der Waals surface area contributed by atoms with Crippen molar-refractivity contribution in [3.05, 3.63) is 41.3 Å². The Morgan fingerprint density at radius 3 is 2.79 bits per heavy atom. The van der Waals surface area contributed by atoms with E-state index in [1.54, 1.807) is 11.8 Å². The molecule has 0 aliphatic heterocycles. The van der Waals surface area contributed by atoms with E-state index in [4.69, 9.17) is 0 Å². The first-order chi connectivity index (χ1) is 9.17. The van der Waals surface area contributed by atoms with Crippen LogP contribution in [0.5, 0.6) is 0 Å². The average molecular weight is 272 g/mol. The second kappa shape index (κ2) is 5.16. The lowest BCUT2D eigenvalue weighted by Crippen LogP contribution is -2.35. The molecule has 0 saturated heterocycles. The van der Waals surface area contributed by atoms with E-state index < -0.39 is 0 Å². The van der Waals surface area contributed by atoms with Crippen molar-refractivity contribution in [2.45, 2.75) is 43.9 Å². The second-order valence-electron chi connectivity index (χ2n) is 6.00. The number of hydrogen-bond donors (Lipinski definition) is 0. The van der Waals surface area contributed by atoms with Gasteiger partial charge in [0.25, 0.3) is 0 Å². The molecule has 100 valence electrons. The lowest BCUT2D eigenvalue weighted by atomic mass is 9.63. The van der Waals surface area contributed by atoms with Crippen LogP contribution in [0, 0.1) is 11.3 Å². The summed E-state index contributed by atoms with van der Waals surface area (Å²) in [5.41, 5.74) is 0.253. The van der Waals surface area contributed by atoms with Crippen molar-refractivity contribution in [3.8, 4) is 0 Å². The van der Waals surface area contributed by atoms with Crippen molar-refractivity contribution in [2.75, 3.05) is 0 Å². The molecular formula is C17H20OS. The third kappa shape index (κ3) is 2.64. The molecule has 2 aliphatic rings. The molecule has 0 unspecified atom stereocenters. The number of fused-ring (bicyclic) bond motifs is 1. The van der Waals surface area contributed by atoms with Gasteiger partial charge in [-0.25, -0.2) is 0 Å². The van der Waals surface area contributed by atoms with Gasteiger partial charge in [0.05, 0.1) is 4.91 Å². The summed E-state index contributed by atoms with van der Waals surface area (Å²) >= 11 is 1.64. The molecule has 1 nitrogen and oxygen atoms in total. The monoisotopic (exact) mass is 272 g/mol. The van der Waals surface area contributed by atoms with Gasteiger partial charge in [-0.3, -0.25) is 4.79 Å². The highest BCUT2D eigenvalue weighted by atomic mass is 32.2. The van der Waals surface area contributed by atoms with Crippen LogP contribution in [-0.4, -0.2) is 5.78 Å². The van der Waals surface area contributed by atoms with Gasteiger partial charge in [-0.15, -0.1) is 0 Å². The first-order valence-corrected chi connectivity index (χ1v) is 7.98. The fraction of sp³-hybridized carbons (Fsp3) is 0.471. The summed E-state index contributed by atoms with van der Waals surface area (Å²) in [5.74, 6) is 0.923. The summed E-state index contributed by atoms with van der Waals surface area (Å²) in [7, 11) is 0. The molecule has 2 atom stereocenters. The fourth-order valence-electron chi connectivity index (χ4n) is 3.36. The zero-order valence-corrected chi connectivity index (χ0v) is 12.2. The molecule has 1 saturated carbocycles. The predicted octanol–water partition coefficient (Wildman–Crippen LogP) is 4.83. The number of carbonyl (C=O) groups excluding carboxylic acids is 1. The largest absolute Gasteiger partial charge is 0.294 e. The molecule has 19 heavy (non-hydrogen) atoms. The minimum atomic E-state index is 0.253. The van der Waals surface area contributed by atoms with Crippen molar-refractivity contribution >= 4 is 17.5 Å². The minimum absolute atomic E-state index is 0.253. The van der Waals surface area contributed by atoms with Crippen LogP contribution in [0.3, 0.4) is 0 Å². The third-order valence-corrected chi connectivity index (χ3v) is 5.66. The Morgan fingerprint density at radius 2 is 2.00 bits per heavy atom. The summed E-state index contributed by atoms with van der Waals surface area (Å²) in [6.07, 6.45) is 8.10. The van der Waals surface area contributed by atoms with E-state index in [1.165, 1.54) is 30.6 Å². The summed E-state index contributed by atoms with van der Waals surface area (Å²) in [6, 6.07) is 10.2. The summed E-state index contributed by atoms with van der Waals surface area (Å²) in [6.45, 7) is 2.34. The van der Waals surface area contributed by atoms with Crippen molar-refractivity contribution in [2.24, 2.45) is 11.3 Å². The van der Waals surface area contributed by atoms with Crippen molar-refractivity contribution in [1.82, 2.24) is 0 Å². The van der Waals surface area contributed by atoms with Crippen LogP contribution in [0.1, 0.15) is 39.0 Å². The van der Waals surface area contributed by atoms with Gasteiger partial charge in [0.15, 0.2) is 5.78 Å². The highest BCUT2D eigenvalue weighted by Gasteiger charge is 2.40. The lowest BCUT2D eigenvalue weighted by Gasteiger charge is -2.42. The molecule has 0 bridgehead atoms. The topological polar surface area (TPSA) is 17.1 Å². The molecule has 3 rings (SSSR count). The number of thioether (sulfide) groups is 1. The zero-order chi connectivity index (χ0) is 13.3. The summed E-state index contributed by atoms with van der Waals surface area (Å²) in [5, 5.41) is 0. The van der Waals surface area contributed by atoms with Crippen LogP contribution in [-0.2, 0) is 4.79 Å². The fourth-order valence-corrected chi connectivity index (χ4v) is 4.43. The predicted molar refractivity (Wildman–Crippen MR) is 80.1 cm³/mol. The van der Waals surface area contributed by atoms with Gasteiger partial charge in [0.1, 0.15) is 0 Å². The van der Waals surface area contributed by atoms with E-state index in [0.717, 1.165) is 11.3 Å². The Morgan fingerprint density at radius 1 is 1.21 bits per heavy atom. The van der Waals surface area contributed by atoms with E-state index in [9.17, 15) is 4.79 Å². The molecule has 0 heterocycles. The van der Waals surface area contributed by atoms with Gasteiger partial charge in [-0.1, -0.05) is 55.8 Å². The standard InChI is InChI=1S/C17H20OS/c1-17-10-6-5-7-13(17)11-15(18)16(12-17)19-14-8-3-2-4-9-14/h2-4,8-9,12-13H,5-7,10-11H2,1H3/t13-,17+/m1/s1. The maximum Gasteiger partial charge on any atom is 0.169 e. The van der Waals surface area contributed by atoms with Crippen molar-refractivity contribution in [3.63, 3.8) is 0 Å². The SMILES string of the molecule is C[C@]12C=C(Sc3ccccc3)C(=O)C[C@H]1CCCC2. The van der Waals surface area contributed by atoms with Gasteiger partial charge >= 0.3 is 0 Å². The third-order valence-electron chi connectivity index (χ3n) is 4.59. The van der Waals surface area contributed by atoms with Gasteiger partial charge in [0, 0.05) is 11.3 Å². The lowest BCUT2D eigenvalue weighted by molar-refractivity contribution is -0.117. The number of Topliss-reactive ketones (excluding diaryl/α,β-unsaturated/α-hetero) is 1. The number of ketones is 1. The normalized spacial score (nSPS) is 30.7.